The van der Waals surface area contributed by atoms with Crippen molar-refractivity contribution in [2.45, 2.75) is 19.9 Å². The summed E-state index contributed by atoms with van der Waals surface area (Å²) in [6.07, 6.45) is 0. The van der Waals surface area contributed by atoms with E-state index < -0.39 is 6.04 Å². The largest absolute Gasteiger partial charge is 0.464 e. The molecule has 1 aromatic carbocycles. The Balaban J connectivity index is 1.79. The highest BCUT2D eigenvalue weighted by atomic mass is 32.2. The van der Waals surface area contributed by atoms with Gasteiger partial charge in [-0.25, -0.2) is 4.79 Å². The number of hydrogen-bond acceptors (Lipinski definition) is 5. The van der Waals surface area contributed by atoms with Gasteiger partial charge in [0.25, 0.3) is 5.91 Å². The minimum Gasteiger partial charge on any atom is -0.464 e. The number of aromatic nitrogens is 2. The Morgan fingerprint density at radius 1 is 1.36 bits per heavy atom. The molecule has 1 atom stereocenters. The molecule has 3 rings (SSSR count). The van der Waals surface area contributed by atoms with Gasteiger partial charge in [-0.15, -0.1) is 0 Å². The Kier molecular flexibility index (Phi) is 5.43. The Morgan fingerprint density at radius 3 is 2.84 bits per heavy atom. The molecule has 1 aliphatic rings. The Bertz CT molecular complexity index is 757. The van der Waals surface area contributed by atoms with Crippen LogP contribution in [0.3, 0.4) is 0 Å². The summed E-state index contributed by atoms with van der Waals surface area (Å²) in [6, 6.07) is 9.14. The first-order chi connectivity index (χ1) is 12.1. The minimum atomic E-state index is -0.544. The Labute approximate surface area is 150 Å². The van der Waals surface area contributed by atoms with Crippen LogP contribution in [0.1, 0.15) is 23.0 Å². The molecule has 25 heavy (non-hydrogen) atoms. The average Bonchev–Trinajstić information content (AvgIpc) is 3.12. The number of benzene rings is 1. The van der Waals surface area contributed by atoms with Crippen LogP contribution in [0.15, 0.2) is 30.3 Å². The van der Waals surface area contributed by atoms with Crippen LogP contribution in [0, 0.1) is 6.92 Å². The maximum Gasteiger partial charge on any atom is 0.329 e. The third kappa shape index (κ3) is 3.87. The predicted octanol–water partition coefficient (Wildman–Crippen LogP) is 2.51. The Morgan fingerprint density at radius 2 is 2.12 bits per heavy atom. The fraction of sp³-hybridized carbons (Fsp3) is 0.389. The van der Waals surface area contributed by atoms with Gasteiger partial charge >= 0.3 is 5.97 Å². The van der Waals surface area contributed by atoms with E-state index in [2.05, 4.69) is 10.2 Å². The molecular formula is C18H21N3O3S. The van der Waals surface area contributed by atoms with Crippen LogP contribution in [0.5, 0.6) is 0 Å². The summed E-state index contributed by atoms with van der Waals surface area (Å²) in [4.78, 5) is 26.6. The number of nitrogens with zero attached hydrogens (tertiary/aromatic N) is 2. The molecule has 0 radical (unpaired) electrons. The van der Waals surface area contributed by atoms with Crippen molar-refractivity contribution >= 4 is 23.6 Å². The second-order valence-electron chi connectivity index (χ2n) is 5.87. The number of amides is 1. The smallest absolute Gasteiger partial charge is 0.329 e. The minimum absolute atomic E-state index is 0.218. The molecule has 0 aliphatic carbocycles. The number of carbonyl (C=O) groups excluding carboxylic acids is 2. The van der Waals surface area contributed by atoms with Crippen LogP contribution in [0.4, 0.5) is 0 Å². The number of hydrogen-bond donors (Lipinski definition) is 1. The van der Waals surface area contributed by atoms with E-state index in [1.54, 1.807) is 29.7 Å². The normalized spacial score (nSPS) is 17.4. The lowest BCUT2D eigenvalue weighted by molar-refractivity contribution is -0.147. The molecule has 1 fully saturated rings. The highest BCUT2D eigenvalue weighted by Crippen LogP contribution is 2.22. The molecular weight excluding hydrogens is 338 g/mol. The van der Waals surface area contributed by atoms with Crippen LogP contribution in [-0.2, 0) is 9.53 Å². The molecule has 6 nitrogen and oxygen atoms in total. The fourth-order valence-corrected chi connectivity index (χ4v) is 3.77. The van der Waals surface area contributed by atoms with Gasteiger partial charge in [0.15, 0.2) is 0 Å². The van der Waals surface area contributed by atoms with Crippen molar-refractivity contribution in [3.05, 3.63) is 41.6 Å². The first-order valence-electron chi connectivity index (χ1n) is 8.28. The quantitative estimate of drug-likeness (QED) is 0.849. The zero-order valence-corrected chi connectivity index (χ0v) is 15.1. The molecule has 0 saturated carbocycles. The van der Waals surface area contributed by atoms with Crippen LogP contribution in [0.2, 0.25) is 0 Å². The van der Waals surface area contributed by atoms with Gasteiger partial charge < -0.3 is 9.64 Å². The van der Waals surface area contributed by atoms with Crippen LogP contribution >= 0.6 is 11.8 Å². The summed E-state index contributed by atoms with van der Waals surface area (Å²) < 4.78 is 5.11. The third-order valence-corrected chi connectivity index (χ3v) is 5.13. The molecule has 1 saturated heterocycles. The first kappa shape index (κ1) is 17.5. The van der Waals surface area contributed by atoms with Gasteiger partial charge in [0.05, 0.1) is 12.3 Å². The number of thioether (sulfide) groups is 1. The van der Waals surface area contributed by atoms with Gasteiger partial charge in [0.1, 0.15) is 11.7 Å². The van der Waals surface area contributed by atoms with E-state index in [-0.39, 0.29) is 11.9 Å². The number of rotatable bonds is 4. The van der Waals surface area contributed by atoms with Crippen molar-refractivity contribution in [3.63, 3.8) is 0 Å². The number of esters is 1. The van der Waals surface area contributed by atoms with Gasteiger partial charge in [-0.05, 0) is 19.9 Å². The number of carbonyl (C=O) groups is 2. The highest BCUT2D eigenvalue weighted by Gasteiger charge is 2.34. The second kappa shape index (κ2) is 7.74. The van der Waals surface area contributed by atoms with Crippen molar-refractivity contribution in [3.8, 4) is 11.3 Å². The summed E-state index contributed by atoms with van der Waals surface area (Å²) in [5.74, 6) is 0.801. The molecule has 1 unspecified atom stereocenters. The van der Waals surface area contributed by atoms with E-state index in [4.69, 9.17) is 4.74 Å². The van der Waals surface area contributed by atoms with E-state index in [1.807, 2.05) is 31.2 Å². The van der Waals surface area contributed by atoms with Crippen molar-refractivity contribution in [1.82, 2.24) is 15.1 Å². The molecule has 1 amide bonds. The van der Waals surface area contributed by atoms with Gasteiger partial charge in [0.2, 0.25) is 0 Å². The summed E-state index contributed by atoms with van der Waals surface area (Å²) in [7, 11) is 0. The summed E-state index contributed by atoms with van der Waals surface area (Å²) >= 11 is 1.66. The van der Waals surface area contributed by atoms with E-state index in [0.29, 0.717) is 30.3 Å². The molecule has 0 bridgehead atoms. The molecule has 7 heteroatoms. The second-order valence-corrected chi connectivity index (χ2v) is 7.02. The number of ether oxygens (including phenoxy) is 1. The third-order valence-electron chi connectivity index (χ3n) is 4.10. The Hall–Kier alpha value is -2.28. The SMILES string of the molecule is CCOC(=O)C1CSCCN1C(=O)c1cc(-c2ccc(C)cc2)n[nH]1. The summed E-state index contributed by atoms with van der Waals surface area (Å²) in [5, 5.41) is 7.05. The topological polar surface area (TPSA) is 75.3 Å². The lowest BCUT2D eigenvalue weighted by Crippen LogP contribution is -2.51. The lowest BCUT2D eigenvalue weighted by atomic mass is 10.1. The maximum atomic E-state index is 12.9. The van der Waals surface area contributed by atoms with Gasteiger partial charge in [-0.3, -0.25) is 9.89 Å². The fourth-order valence-electron chi connectivity index (χ4n) is 2.74. The maximum absolute atomic E-state index is 12.9. The van der Waals surface area contributed by atoms with Gasteiger partial charge in [-0.2, -0.15) is 16.9 Å². The molecule has 2 aromatic rings. The van der Waals surface area contributed by atoms with Gasteiger partial charge in [0, 0.05) is 23.6 Å². The van der Waals surface area contributed by atoms with Crippen LogP contribution in [0.25, 0.3) is 11.3 Å². The highest BCUT2D eigenvalue weighted by molar-refractivity contribution is 7.99. The lowest BCUT2D eigenvalue weighted by Gasteiger charge is -2.33. The van der Waals surface area contributed by atoms with Crippen molar-refractivity contribution < 1.29 is 14.3 Å². The number of H-pyrrole nitrogens is 1. The molecule has 1 N–H and O–H groups in total. The number of aryl methyl sites for hydroxylation is 1. The molecule has 2 heterocycles. The standard InChI is InChI=1S/C18H21N3O3S/c1-3-24-18(23)16-11-25-9-8-21(16)17(22)15-10-14(19-20-15)13-6-4-12(2)5-7-13/h4-7,10,16H,3,8-9,11H2,1-2H3,(H,19,20). The first-order valence-corrected chi connectivity index (χ1v) is 9.43. The molecule has 1 aliphatic heterocycles. The van der Waals surface area contributed by atoms with Crippen molar-refractivity contribution in [2.75, 3.05) is 24.7 Å². The zero-order chi connectivity index (χ0) is 17.8. The van der Waals surface area contributed by atoms with Crippen LogP contribution < -0.4 is 0 Å². The number of nitrogens with one attached hydrogen (secondary N) is 1. The molecule has 1 aromatic heterocycles. The van der Waals surface area contributed by atoms with Crippen LogP contribution in [-0.4, -0.2) is 57.7 Å². The molecule has 0 spiro atoms. The number of aromatic amines is 1. The van der Waals surface area contributed by atoms with Crippen molar-refractivity contribution in [1.29, 1.82) is 0 Å². The van der Waals surface area contributed by atoms with E-state index >= 15 is 0 Å². The van der Waals surface area contributed by atoms with E-state index in [9.17, 15) is 9.59 Å². The summed E-state index contributed by atoms with van der Waals surface area (Å²) in [5.41, 5.74) is 3.20. The zero-order valence-electron chi connectivity index (χ0n) is 14.3. The average molecular weight is 359 g/mol. The predicted molar refractivity (Wildman–Crippen MR) is 97.5 cm³/mol. The van der Waals surface area contributed by atoms with E-state index in [1.165, 1.54) is 5.56 Å². The van der Waals surface area contributed by atoms with Crippen molar-refractivity contribution in [2.24, 2.45) is 0 Å². The monoisotopic (exact) mass is 359 g/mol. The van der Waals surface area contributed by atoms with Gasteiger partial charge in [-0.1, -0.05) is 29.8 Å². The van der Waals surface area contributed by atoms with E-state index in [0.717, 1.165) is 11.3 Å². The summed E-state index contributed by atoms with van der Waals surface area (Å²) in [6.45, 7) is 4.62. The molecule has 132 valence electrons.